The number of likely N-dealkylation sites (tertiary alicyclic amines) is 1. The zero-order valence-electron chi connectivity index (χ0n) is 13.1. The van der Waals surface area contributed by atoms with Crippen LogP contribution in [0.15, 0.2) is 0 Å². The van der Waals surface area contributed by atoms with Crippen LogP contribution < -0.4 is 0 Å². The number of ether oxygens (including phenoxy) is 2. The van der Waals surface area contributed by atoms with Gasteiger partial charge in [0.25, 0.3) is 0 Å². The number of rotatable bonds is 1. The summed E-state index contributed by atoms with van der Waals surface area (Å²) in [5, 5.41) is 10.8. The molecule has 3 heterocycles. The summed E-state index contributed by atoms with van der Waals surface area (Å²) in [6, 6.07) is 0.631. The third kappa shape index (κ3) is 2.65. The van der Waals surface area contributed by atoms with Gasteiger partial charge in [0.15, 0.2) is 0 Å². The van der Waals surface area contributed by atoms with E-state index in [0.717, 1.165) is 65.0 Å². The zero-order valence-corrected chi connectivity index (χ0v) is 13.1. The van der Waals surface area contributed by atoms with Crippen LogP contribution in [0.1, 0.15) is 51.4 Å². The fraction of sp³-hybridized carbons (Fsp3) is 1.00. The molecule has 4 heteroatoms. The molecule has 4 fully saturated rings. The number of piperidine rings is 1. The first kappa shape index (κ1) is 14.4. The lowest BCUT2D eigenvalue weighted by atomic mass is 9.70. The van der Waals surface area contributed by atoms with Gasteiger partial charge in [-0.05, 0) is 32.1 Å². The van der Waals surface area contributed by atoms with Gasteiger partial charge >= 0.3 is 0 Å². The van der Waals surface area contributed by atoms with Crippen molar-refractivity contribution in [3.63, 3.8) is 0 Å². The molecular formula is C17H29NO3. The van der Waals surface area contributed by atoms with Crippen molar-refractivity contribution in [2.45, 2.75) is 68.6 Å². The van der Waals surface area contributed by atoms with Crippen LogP contribution in [0.4, 0.5) is 0 Å². The second-order valence-electron chi connectivity index (χ2n) is 7.77. The van der Waals surface area contributed by atoms with Crippen molar-refractivity contribution in [3.8, 4) is 0 Å². The molecule has 0 radical (unpaired) electrons. The number of fused-ring (bicyclic) bond motifs is 1. The molecule has 3 aliphatic heterocycles. The highest BCUT2D eigenvalue weighted by molar-refractivity contribution is 5.00. The van der Waals surface area contributed by atoms with Crippen LogP contribution in [0.5, 0.6) is 0 Å². The van der Waals surface area contributed by atoms with E-state index in [1.165, 1.54) is 19.3 Å². The maximum Gasteiger partial charge on any atom is 0.0951 e. The quantitative estimate of drug-likeness (QED) is 0.803. The van der Waals surface area contributed by atoms with Crippen LogP contribution in [-0.4, -0.2) is 60.2 Å². The van der Waals surface area contributed by atoms with Crippen LogP contribution in [-0.2, 0) is 9.47 Å². The minimum Gasteiger partial charge on any atom is -0.390 e. The monoisotopic (exact) mass is 295 g/mol. The summed E-state index contributed by atoms with van der Waals surface area (Å²) in [5.41, 5.74) is -0.350. The predicted molar refractivity (Wildman–Crippen MR) is 80.2 cm³/mol. The average Bonchev–Trinajstić information content (AvgIpc) is 2.94. The molecule has 0 aromatic heterocycles. The molecule has 3 saturated heterocycles. The Balaban J connectivity index is 1.42. The normalized spacial score (nSPS) is 48.4. The molecule has 4 unspecified atom stereocenters. The van der Waals surface area contributed by atoms with E-state index in [4.69, 9.17) is 9.47 Å². The van der Waals surface area contributed by atoms with Gasteiger partial charge in [-0.15, -0.1) is 0 Å². The van der Waals surface area contributed by atoms with Gasteiger partial charge in [0.1, 0.15) is 0 Å². The maximum absolute atomic E-state index is 10.8. The van der Waals surface area contributed by atoms with Gasteiger partial charge in [0, 0.05) is 44.7 Å². The lowest BCUT2D eigenvalue weighted by Gasteiger charge is -2.51. The largest absolute Gasteiger partial charge is 0.390 e. The number of hydrogen-bond acceptors (Lipinski definition) is 4. The van der Waals surface area contributed by atoms with E-state index in [9.17, 15) is 5.11 Å². The molecule has 1 saturated carbocycles. The molecule has 1 aliphatic carbocycles. The molecule has 4 atom stereocenters. The average molecular weight is 295 g/mol. The molecule has 4 nitrogen and oxygen atoms in total. The summed E-state index contributed by atoms with van der Waals surface area (Å²) in [6.07, 6.45) is 9.05. The highest BCUT2D eigenvalue weighted by atomic mass is 16.6. The van der Waals surface area contributed by atoms with Gasteiger partial charge in [-0.25, -0.2) is 0 Å². The second kappa shape index (κ2) is 5.48. The molecule has 0 bridgehead atoms. The Morgan fingerprint density at radius 3 is 2.86 bits per heavy atom. The van der Waals surface area contributed by atoms with Crippen molar-refractivity contribution in [2.75, 3.05) is 32.9 Å². The zero-order chi connectivity index (χ0) is 14.3. The summed E-state index contributed by atoms with van der Waals surface area (Å²) in [7, 11) is 0. The third-order valence-corrected chi connectivity index (χ3v) is 6.51. The van der Waals surface area contributed by atoms with Crippen molar-refractivity contribution in [1.82, 2.24) is 4.90 Å². The van der Waals surface area contributed by atoms with Crippen LogP contribution in [0, 0.1) is 5.92 Å². The third-order valence-electron chi connectivity index (χ3n) is 6.51. The van der Waals surface area contributed by atoms with Crippen LogP contribution in [0.3, 0.4) is 0 Å². The van der Waals surface area contributed by atoms with E-state index in [-0.39, 0.29) is 11.2 Å². The Labute approximate surface area is 127 Å². The van der Waals surface area contributed by atoms with Crippen molar-refractivity contribution in [2.24, 2.45) is 5.92 Å². The Bertz CT molecular complexity index is 382. The van der Waals surface area contributed by atoms with Gasteiger partial charge in [0.2, 0.25) is 0 Å². The molecule has 0 aromatic carbocycles. The van der Waals surface area contributed by atoms with Crippen molar-refractivity contribution >= 4 is 0 Å². The summed E-state index contributed by atoms with van der Waals surface area (Å²) >= 11 is 0. The Morgan fingerprint density at radius 2 is 2.00 bits per heavy atom. The Hall–Kier alpha value is -0.160. The fourth-order valence-corrected chi connectivity index (χ4v) is 5.11. The lowest BCUT2D eigenvalue weighted by Crippen LogP contribution is -2.58. The highest BCUT2D eigenvalue weighted by Crippen LogP contribution is 2.42. The fourth-order valence-electron chi connectivity index (χ4n) is 5.11. The Morgan fingerprint density at radius 1 is 1.05 bits per heavy atom. The minimum absolute atomic E-state index is 0.00321. The van der Waals surface area contributed by atoms with E-state index in [1.54, 1.807) is 0 Å². The van der Waals surface area contributed by atoms with Crippen molar-refractivity contribution in [3.05, 3.63) is 0 Å². The minimum atomic E-state index is -0.353. The number of aliphatic hydroxyl groups is 1. The van der Waals surface area contributed by atoms with E-state index < -0.39 is 0 Å². The van der Waals surface area contributed by atoms with Gasteiger partial charge in [-0.3, -0.25) is 4.90 Å². The SMILES string of the molecule is OC12CCCCC1CN(C1CCOC3(CCOC3)C1)CC2. The van der Waals surface area contributed by atoms with Gasteiger partial charge in [-0.1, -0.05) is 12.8 Å². The van der Waals surface area contributed by atoms with Crippen LogP contribution in [0.25, 0.3) is 0 Å². The predicted octanol–water partition coefficient (Wildman–Crippen LogP) is 1.95. The summed E-state index contributed by atoms with van der Waals surface area (Å²) in [4.78, 5) is 2.66. The number of hydrogen-bond donors (Lipinski definition) is 1. The van der Waals surface area contributed by atoms with Crippen LogP contribution in [0.2, 0.25) is 0 Å². The first-order valence-corrected chi connectivity index (χ1v) is 8.87. The molecule has 4 aliphatic rings. The molecular weight excluding hydrogens is 266 g/mol. The molecule has 4 rings (SSSR count). The molecule has 120 valence electrons. The molecule has 0 amide bonds. The van der Waals surface area contributed by atoms with E-state index in [0.29, 0.717) is 12.0 Å². The summed E-state index contributed by atoms with van der Waals surface area (Å²) in [6.45, 7) is 4.67. The van der Waals surface area contributed by atoms with Crippen molar-refractivity contribution < 1.29 is 14.6 Å². The van der Waals surface area contributed by atoms with E-state index in [2.05, 4.69) is 4.90 Å². The maximum atomic E-state index is 10.8. The highest BCUT2D eigenvalue weighted by Gasteiger charge is 2.47. The number of nitrogens with zero attached hydrogens (tertiary/aromatic N) is 1. The first-order chi connectivity index (χ1) is 10.2. The Kier molecular flexibility index (Phi) is 3.77. The standard InChI is InChI=1S/C17H29NO3/c19-17-5-2-1-3-14(17)12-18(8-6-17)15-4-9-21-16(11-15)7-10-20-13-16/h14-15,19H,1-13H2. The molecule has 21 heavy (non-hydrogen) atoms. The summed E-state index contributed by atoms with van der Waals surface area (Å²) in [5.74, 6) is 0.499. The first-order valence-electron chi connectivity index (χ1n) is 8.87. The van der Waals surface area contributed by atoms with Gasteiger partial charge in [-0.2, -0.15) is 0 Å². The van der Waals surface area contributed by atoms with Crippen LogP contribution >= 0.6 is 0 Å². The second-order valence-corrected chi connectivity index (χ2v) is 7.77. The van der Waals surface area contributed by atoms with Gasteiger partial charge in [0.05, 0.1) is 17.8 Å². The van der Waals surface area contributed by atoms with Gasteiger partial charge < -0.3 is 14.6 Å². The molecule has 1 spiro atoms. The smallest absolute Gasteiger partial charge is 0.0951 e. The topological polar surface area (TPSA) is 41.9 Å². The summed E-state index contributed by atoms with van der Waals surface area (Å²) < 4.78 is 11.7. The van der Waals surface area contributed by atoms with Crippen molar-refractivity contribution in [1.29, 1.82) is 0 Å². The van der Waals surface area contributed by atoms with E-state index in [1.807, 2.05) is 0 Å². The molecule has 1 N–H and O–H groups in total. The van der Waals surface area contributed by atoms with E-state index >= 15 is 0 Å². The molecule has 0 aromatic rings. The lowest BCUT2D eigenvalue weighted by molar-refractivity contribution is -0.136.